The van der Waals surface area contributed by atoms with Gasteiger partial charge in [-0.15, -0.1) is 15.5 Å². The molecule has 0 bridgehead atoms. The summed E-state index contributed by atoms with van der Waals surface area (Å²) in [5, 5.41) is 13.9. The zero-order chi connectivity index (χ0) is 20.8. The van der Waals surface area contributed by atoms with Gasteiger partial charge in [0.1, 0.15) is 17.0 Å². The third-order valence-corrected chi connectivity index (χ3v) is 7.19. The highest BCUT2D eigenvalue weighted by Gasteiger charge is 2.30. The molecule has 1 aliphatic heterocycles. The molecule has 0 amide bonds. The highest BCUT2D eigenvalue weighted by atomic mass is 32.3. The van der Waals surface area contributed by atoms with Crippen LogP contribution in [0.15, 0.2) is 41.3 Å². The monoisotopic (exact) mass is 431 g/mol. The van der Waals surface area contributed by atoms with Crippen molar-refractivity contribution in [3.8, 4) is 11.1 Å². The third-order valence-electron chi connectivity index (χ3n) is 4.97. The van der Waals surface area contributed by atoms with Crippen molar-refractivity contribution in [2.24, 2.45) is 0 Å². The molecule has 0 radical (unpaired) electrons. The van der Waals surface area contributed by atoms with E-state index in [1.54, 1.807) is 18.2 Å². The number of hydrogen-bond acceptors (Lipinski definition) is 6. The first-order valence-electron chi connectivity index (χ1n) is 9.19. The smallest absolute Gasteiger partial charge is 0.345 e. The second-order valence-corrected chi connectivity index (χ2v) is 10.3. The van der Waals surface area contributed by atoms with E-state index in [-0.39, 0.29) is 4.90 Å². The first-order chi connectivity index (χ1) is 13.8. The van der Waals surface area contributed by atoms with Crippen LogP contribution in [-0.4, -0.2) is 38.2 Å². The molecule has 0 saturated heterocycles. The molecule has 3 aromatic rings. The maximum Gasteiger partial charge on any atom is 0.345 e. The molecule has 1 N–H and O–H groups in total. The van der Waals surface area contributed by atoms with E-state index >= 15 is 0 Å². The van der Waals surface area contributed by atoms with Gasteiger partial charge in [-0.2, -0.15) is 5.10 Å². The van der Waals surface area contributed by atoms with E-state index in [4.69, 9.17) is 0 Å². The molecule has 0 saturated carbocycles. The number of benzene rings is 1. The Morgan fingerprint density at radius 1 is 1.28 bits per heavy atom. The first kappa shape index (κ1) is 19.8. The van der Waals surface area contributed by atoms with E-state index < -0.39 is 16.2 Å². The first-order valence-corrected chi connectivity index (χ1v) is 11.9. The number of aromatic carboxylic acids is 1. The molecule has 152 valence electrons. The number of hydrogen-bond donors (Lipinski definition) is 1. The molecule has 0 spiro atoms. The van der Waals surface area contributed by atoms with Crippen molar-refractivity contribution in [2.45, 2.75) is 31.3 Å². The van der Waals surface area contributed by atoms with E-state index in [1.165, 1.54) is 17.6 Å². The maximum absolute atomic E-state index is 12.4. The van der Waals surface area contributed by atoms with Crippen LogP contribution in [0.3, 0.4) is 0 Å². The van der Waals surface area contributed by atoms with Crippen molar-refractivity contribution in [3.63, 3.8) is 0 Å². The molecule has 29 heavy (non-hydrogen) atoms. The van der Waals surface area contributed by atoms with Crippen molar-refractivity contribution in [1.29, 1.82) is 0 Å². The van der Waals surface area contributed by atoms with E-state index in [0.717, 1.165) is 41.5 Å². The minimum absolute atomic E-state index is 0.286. The molecular weight excluding hydrogens is 410 g/mol. The van der Waals surface area contributed by atoms with E-state index in [9.17, 15) is 18.7 Å². The molecule has 4 rings (SSSR count). The lowest BCUT2D eigenvalue weighted by Gasteiger charge is -2.30. The van der Waals surface area contributed by atoms with Crippen molar-refractivity contribution < 1.29 is 18.7 Å². The fourth-order valence-electron chi connectivity index (χ4n) is 3.80. The zero-order valence-electron chi connectivity index (χ0n) is 16.1. The largest absolute Gasteiger partial charge is 0.610 e. The van der Waals surface area contributed by atoms with Crippen LogP contribution in [0.4, 0.5) is 5.82 Å². The Balaban J connectivity index is 1.81. The molecule has 1 aromatic carbocycles. The fourth-order valence-corrected chi connectivity index (χ4v) is 5.55. The van der Waals surface area contributed by atoms with Gasteiger partial charge < -0.3 is 14.6 Å². The summed E-state index contributed by atoms with van der Waals surface area (Å²) >= 11 is 1.26. The summed E-state index contributed by atoms with van der Waals surface area (Å²) in [5.74, 6) is -0.0429. The molecule has 9 heteroatoms. The van der Waals surface area contributed by atoms with Crippen LogP contribution in [0.5, 0.6) is 0 Å². The average Bonchev–Trinajstić information content (AvgIpc) is 3.25. The summed E-state index contributed by atoms with van der Waals surface area (Å²) in [6.45, 7) is 4.00. The van der Waals surface area contributed by atoms with Crippen molar-refractivity contribution in [2.75, 3.05) is 17.7 Å². The lowest BCUT2D eigenvalue weighted by atomic mass is 10.0. The molecular formula is C20H21N3O4S2. The number of sulfone groups is 1. The third kappa shape index (κ3) is 3.73. The summed E-state index contributed by atoms with van der Waals surface area (Å²) in [6.07, 6.45) is 2.13. The van der Waals surface area contributed by atoms with Crippen LogP contribution in [0.2, 0.25) is 0 Å². The Morgan fingerprint density at radius 2 is 2.03 bits per heavy atom. The number of fused-ring (bicyclic) bond motifs is 1. The van der Waals surface area contributed by atoms with Gasteiger partial charge in [-0.05, 0) is 37.6 Å². The Bertz CT molecular complexity index is 1130. The van der Waals surface area contributed by atoms with E-state index in [2.05, 4.69) is 10.00 Å². The van der Waals surface area contributed by atoms with Gasteiger partial charge in [-0.3, -0.25) is 0 Å². The van der Waals surface area contributed by atoms with Crippen LogP contribution in [0.25, 0.3) is 11.1 Å². The second kappa shape index (κ2) is 7.40. The van der Waals surface area contributed by atoms with Crippen molar-refractivity contribution >= 4 is 33.3 Å². The SMILES string of the molecule is Cc1nn2c(c1-c1ccccc1[S+](C)(=O)[O-])N(Cc1ccc(C(=O)O)s1)CCC2. The topological polar surface area (TPSA) is 98.5 Å². The highest BCUT2D eigenvalue weighted by molar-refractivity contribution is 7.97. The standard InChI is InChI=1S/C20H21N3O4S2/c1-13-18(15-6-3-4-7-17(15)29(2,26)27)19-22(10-5-11-23(19)21-13)12-14-8-9-16(28-14)20(24)25/h3-4,6-9H,5,10-12H2,1-2H3,(H-,24,25,26,27). The van der Waals surface area contributed by atoms with Gasteiger partial charge in [0.05, 0.1) is 28.0 Å². The number of nitrogens with zero attached hydrogens (tertiary/aromatic N) is 3. The number of anilines is 1. The van der Waals surface area contributed by atoms with E-state index in [0.29, 0.717) is 17.0 Å². The molecule has 1 aliphatic rings. The number of rotatable bonds is 5. The number of thiophene rings is 1. The van der Waals surface area contributed by atoms with Gasteiger partial charge in [0, 0.05) is 23.5 Å². The molecule has 1 atom stereocenters. The molecule has 0 aliphatic carbocycles. The summed E-state index contributed by atoms with van der Waals surface area (Å²) < 4.78 is 26.7. The Labute approximate surface area is 173 Å². The van der Waals surface area contributed by atoms with Crippen LogP contribution >= 0.6 is 11.3 Å². The summed E-state index contributed by atoms with van der Waals surface area (Å²) in [6, 6.07) is 10.5. The molecule has 3 heterocycles. The lowest BCUT2D eigenvalue weighted by molar-refractivity contribution is 0.0702. The van der Waals surface area contributed by atoms with Crippen molar-refractivity contribution in [1.82, 2.24) is 9.78 Å². The minimum Gasteiger partial charge on any atom is -0.610 e. The summed E-state index contributed by atoms with van der Waals surface area (Å²) in [4.78, 5) is 14.9. The lowest BCUT2D eigenvalue weighted by Crippen LogP contribution is -2.31. The zero-order valence-corrected chi connectivity index (χ0v) is 17.8. The fraction of sp³-hybridized carbons (Fsp3) is 0.300. The predicted molar refractivity (Wildman–Crippen MR) is 112 cm³/mol. The summed E-state index contributed by atoms with van der Waals surface area (Å²) in [5.41, 5.74) is 2.25. The van der Waals surface area contributed by atoms with Crippen LogP contribution in [0.1, 0.15) is 26.7 Å². The molecule has 0 fully saturated rings. The van der Waals surface area contributed by atoms with Gasteiger partial charge in [0.25, 0.3) is 0 Å². The van der Waals surface area contributed by atoms with Crippen molar-refractivity contribution in [3.05, 3.63) is 51.8 Å². The predicted octanol–water partition coefficient (Wildman–Crippen LogP) is 3.65. The van der Waals surface area contributed by atoms with E-state index in [1.807, 2.05) is 29.8 Å². The Hall–Kier alpha value is -2.49. The number of aryl methyl sites for hydroxylation is 2. The maximum atomic E-state index is 12.4. The quantitative estimate of drug-likeness (QED) is 0.619. The van der Waals surface area contributed by atoms with Crippen LogP contribution in [0, 0.1) is 6.92 Å². The number of carbonyl (C=O) groups is 1. The molecule has 7 nitrogen and oxygen atoms in total. The van der Waals surface area contributed by atoms with Crippen LogP contribution < -0.4 is 4.90 Å². The summed E-state index contributed by atoms with van der Waals surface area (Å²) in [7, 11) is -3.40. The van der Waals surface area contributed by atoms with Gasteiger partial charge in [-0.25, -0.2) is 9.48 Å². The number of carboxylic acids is 1. The molecule has 2 aromatic heterocycles. The van der Waals surface area contributed by atoms with Gasteiger partial charge in [0.2, 0.25) is 0 Å². The van der Waals surface area contributed by atoms with Gasteiger partial charge in [0.15, 0.2) is 4.90 Å². The highest BCUT2D eigenvalue weighted by Crippen LogP contribution is 2.40. The number of aromatic nitrogens is 2. The Kier molecular flexibility index (Phi) is 5.05. The Morgan fingerprint density at radius 3 is 2.72 bits per heavy atom. The average molecular weight is 432 g/mol. The number of carboxylic acid groups (broad SMARTS) is 1. The second-order valence-electron chi connectivity index (χ2n) is 7.12. The molecule has 1 unspecified atom stereocenters. The normalized spacial score (nSPS) is 15.8. The van der Waals surface area contributed by atoms with Gasteiger partial charge >= 0.3 is 5.97 Å². The van der Waals surface area contributed by atoms with Crippen LogP contribution in [-0.2, 0) is 27.5 Å². The minimum atomic E-state index is -3.40. The van der Waals surface area contributed by atoms with Gasteiger partial charge in [-0.1, -0.05) is 12.1 Å².